The molecule has 0 bridgehead atoms. The summed E-state index contributed by atoms with van der Waals surface area (Å²) in [5.41, 5.74) is 0. The van der Waals surface area contributed by atoms with Crippen LogP contribution in [-0.4, -0.2) is 10.8 Å². The van der Waals surface area contributed by atoms with Crippen molar-refractivity contribution in [1.29, 1.82) is 0 Å². The van der Waals surface area contributed by atoms with Crippen LogP contribution in [-0.2, 0) is 11.2 Å². The van der Waals surface area contributed by atoms with Crippen LogP contribution in [0.25, 0.3) is 0 Å². The van der Waals surface area contributed by atoms with Crippen molar-refractivity contribution in [3.63, 3.8) is 0 Å². The highest BCUT2D eigenvalue weighted by molar-refractivity contribution is 7.94. The Morgan fingerprint density at radius 1 is 1.23 bits per heavy atom. The predicted molar refractivity (Wildman–Crippen MR) is 61.2 cm³/mol. The quantitative estimate of drug-likeness (QED) is 0.456. The van der Waals surface area contributed by atoms with E-state index < -0.39 is 11.2 Å². The summed E-state index contributed by atoms with van der Waals surface area (Å²) in [4.78, 5) is 1.15. The van der Waals surface area contributed by atoms with E-state index in [0.717, 1.165) is 24.2 Å². The van der Waals surface area contributed by atoms with Crippen molar-refractivity contribution in [2.45, 2.75) is 52.4 Å². The minimum atomic E-state index is -0.747. The third kappa shape index (κ3) is 7.15. The lowest BCUT2D eigenvalue weighted by Crippen LogP contribution is -2.01. The van der Waals surface area contributed by atoms with E-state index in [1.807, 2.05) is 0 Å². The van der Waals surface area contributed by atoms with E-state index in [0.29, 0.717) is 0 Å². The van der Waals surface area contributed by atoms with E-state index in [1.54, 1.807) is 6.26 Å². The van der Waals surface area contributed by atoms with Gasteiger partial charge in [-0.3, -0.25) is 0 Å². The monoisotopic (exact) mass is 202 g/mol. The normalized spacial score (nSPS) is 14.6. The lowest BCUT2D eigenvalue weighted by atomic mass is 10.2. The second kappa shape index (κ2) is 8.64. The van der Waals surface area contributed by atoms with Crippen molar-refractivity contribution in [1.82, 2.24) is 0 Å². The summed E-state index contributed by atoms with van der Waals surface area (Å²) in [6.45, 7) is 4.34. The Kier molecular flexibility index (Phi) is 8.67. The van der Waals surface area contributed by atoms with Crippen LogP contribution in [0, 0.1) is 0 Å². The van der Waals surface area contributed by atoms with Crippen molar-refractivity contribution >= 4 is 11.2 Å². The molecule has 0 N–H and O–H groups in total. The molecule has 0 amide bonds. The highest BCUT2D eigenvalue weighted by Crippen LogP contribution is 2.15. The molecule has 1 unspecified atom stereocenters. The van der Waals surface area contributed by atoms with Gasteiger partial charge in [0.2, 0.25) is 0 Å². The molecule has 0 aromatic heterocycles. The molecule has 0 aliphatic rings. The molecule has 0 aromatic carbocycles. The first-order chi connectivity index (χ1) is 6.22. The van der Waals surface area contributed by atoms with Crippen LogP contribution in [0.1, 0.15) is 52.4 Å². The topological polar surface area (TPSA) is 23.1 Å². The molecule has 0 heterocycles. The lowest BCUT2D eigenvalue weighted by Gasteiger charge is -2.08. The van der Waals surface area contributed by atoms with Gasteiger partial charge in [-0.05, 0) is 30.1 Å². The Bertz CT molecular complexity index is 141. The van der Waals surface area contributed by atoms with Gasteiger partial charge in [0, 0.05) is 6.42 Å². The van der Waals surface area contributed by atoms with E-state index in [9.17, 15) is 4.55 Å². The zero-order chi connectivity index (χ0) is 10.1. The van der Waals surface area contributed by atoms with Crippen molar-refractivity contribution in [3.05, 3.63) is 11.0 Å². The standard InChI is InChI=1S/C11H22OS/c1-4-6-8-10-11(13(3)12)9-7-5-2/h9H,4-8,10H2,1-3H3/b11-9+. The molecule has 0 aliphatic carbocycles. The molecular formula is C11H22OS. The number of allylic oxidation sites excluding steroid dienone is 2. The third-order valence-electron chi connectivity index (χ3n) is 2.06. The zero-order valence-electron chi connectivity index (χ0n) is 9.14. The Morgan fingerprint density at radius 3 is 2.38 bits per heavy atom. The minimum absolute atomic E-state index is 0.747. The number of hydrogen-bond acceptors (Lipinski definition) is 1. The van der Waals surface area contributed by atoms with Crippen LogP contribution in [0.2, 0.25) is 0 Å². The largest absolute Gasteiger partial charge is 0.612 e. The number of hydrogen-bond donors (Lipinski definition) is 0. The molecule has 0 saturated heterocycles. The predicted octanol–water partition coefficient (Wildman–Crippen LogP) is 3.63. The average molecular weight is 202 g/mol. The van der Waals surface area contributed by atoms with E-state index in [4.69, 9.17) is 0 Å². The maximum Gasteiger partial charge on any atom is 0.125 e. The summed E-state index contributed by atoms with van der Waals surface area (Å²) in [7, 11) is 0. The summed E-state index contributed by atoms with van der Waals surface area (Å²) in [6.07, 6.45) is 10.9. The number of rotatable bonds is 7. The molecule has 2 heteroatoms. The molecule has 1 atom stereocenters. The van der Waals surface area contributed by atoms with E-state index in [1.165, 1.54) is 19.3 Å². The van der Waals surface area contributed by atoms with Gasteiger partial charge in [0.05, 0.1) is 0 Å². The fraction of sp³-hybridized carbons (Fsp3) is 0.818. The molecule has 0 saturated carbocycles. The molecule has 0 fully saturated rings. The summed E-state index contributed by atoms with van der Waals surface area (Å²) in [5.74, 6) is 0. The Labute approximate surface area is 85.8 Å². The molecule has 0 aromatic rings. The van der Waals surface area contributed by atoms with Gasteiger partial charge in [0.15, 0.2) is 0 Å². The molecular weight excluding hydrogens is 180 g/mol. The average Bonchev–Trinajstić information content (AvgIpc) is 2.10. The van der Waals surface area contributed by atoms with Crippen molar-refractivity contribution in [3.8, 4) is 0 Å². The first-order valence-electron chi connectivity index (χ1n) is 5.24. The van der Waals surface area contributed by atoms with Gasteiger partial charge in [-0.25, -0.2) is 0 Å². The molecule has 0 spiro atoms. The summed E-state index contributed by atoms with van der Waals surface area (Å²) in [6, 6.07) is 0. The zero-order valence-corrected chi connectivity index (χ0v) is 9.95. The van der Waals surface area contributed by atoms with Gasteiger partial charge in [-0.15, -0.1) is 0 Å². The Balaban J connectivity index is 3.80. The van der Waals surface area contributed by atoms with E-state index in [2.05, 4.69) is 19.9 Å². The molecule has 0 rings (SSSR count). The molecule has 78 valence electrons. The molecule has 0 radical (unpaired) electrons. The van der Waals surface area contributed by atoms with Crippen LogP contribution >= 0.6 is 0 Å². The van der Waals surface area contributed by atoms with Crippen LogP contribution in [0.5, 0.6) is 0 Å². The molecule has 13 heavy (non-hydrogen) atoms. The third-order valence-corrected chi connectivity index (χ3v) is 3.17. The van der Waals surface area contributed by atoms with Crippen molar-refractivity contribution < 1.29 is 4.55 Å². The van der Waals surface area contributed by atoms with Gasteiger partial charge < -0.3 is 4.55 Å². The lowest BCUT2D eigenvalue weighted by molar-refractivity contribution is 0.602. The van der Waals surface area contributed by atoms with Crippen LogP contribution < -0.4 is 0 Å². The second-order valence-electron chi connectivity index (χ2n) is 3.37. The first-order valence-corrected chi connectivity index (χ1v) is 6.80. The van der Waals surface area contributed by atoms with Gasteiger partial charge in [0.25, 0.3) is 0 Å². The van der Waals surface area contributed by atoms with Crippen LogP contribution in [0.4, 0.5) is 0 Å². The summed E-state index contributed by atoms with van der Waals surface area (Å²) < 4.78 is 11.3. The fourth-order valence-electron chi connectivity index (χ4n) is 1.22. The van der Waals surface area contributed by atoms with Crippen LogP contribution in [0.3, 0.4) is 0 Å². The fourth-order valence-corrected chi connectivity index (χ4v) is 2.00. The maximum absolute atomic E-state index is 11.3. The Morgan fingerprint density at radius 2 is 1.92 bits per heavy atom. The molecule has 0 aliphatic heterocycles. The van der Waals surface area contributed by atoms with Gasteiger partial charge >= 0.3 is 0 Å². The summed E-state index contributed by atoms with van der Waals surface area (Å²) >= 11 is -0.747. The highest BCUT2D eigenvalue weighted by Gasteiger charge is 2.06. The van der Waals surface area contributed by atoms with Crippen molar-refractivity contribution in [2.75, 3.05) is 6.26 Å². The number of unbranched alkanes of at least 4 members (excludes halogenated alkanes) is 3. The SMILES string of the molecule is CCC/C=C(\CCCCC)[S+](C)[O-]. The second-order valence-corrected chi connectivity index (χ2v) is 4.80. The van der Waals surface area contributed by atoms with Gasteiger partial charge in [-0.2, -0.15) is 0 Å². The smallest absolute Gasteiger partial charge is 0.125 e. The summed E-state index contributed by atoms with van der Waals surface area (Å²) in [5, 5.41) is 0. The van der Waals surface area contributed by atoms with Crippen LogP contribution in [0.15, 0.2) is 11.0 Å². The maximum atomic E-state index is 11.3. The highest BCUT2D eigenvalue weighted by atomic mass is 32.2. The molecule has 1 nitrogen and oxygen atoms in total. The van der Waals surface area contributed by atoms with E-state index in [-0.39, 0.29) is 0 Å². The van der Waals surface area contributed by atoms with Gasteiger partial charge in [0.1, 0.15) is 11.2 Å². The van der Waals surface area contributed by atoms with Gasteiger partial charge in [-0.1, -0.05) is 33.1 Å². The van der Waals surface area contributed by atoms with Crippen molar-refractivity contribution in [2.24, 2.45) is 0 Å². The minimum Gasteiger partial charge on any atom is -0.612 e. The van der Waals surface area contributed by atoms with E-state index >= 15 is 0 Å². The first kappa shape index (κ1) is 13.1. The Hall–Kier alpha value is 0.0500.